The van der Waals surface area contributed by atoms with Gasteiger partial charge in [-0.05, 0) is 334 Å². The van der Waals surface area contributed by atoms with E-state index in [-0.39, 0.29) is 16.2 Å². The van der Waals surface area contributed by atoms with Crippen molar-refractivity contribution in [1.29, 1.82) is 0 Å². The molecule has 0 amide bonds. The lowest BCUT2D eigenvalue weighted by molar-refractivity contribution is -0.160. The van der Waals surface area contributed by atoms with Crippen molar-refractivity contribution in [3.63, 3.8) is 0 Å². The van der Waals surface area contributed by atoms with Crippen LogP contribution in [0.15, 0.2) is 0 Å². The normalized spacial score (nSPS) is 47.9. The lowest BCUT2D eigenvalue weighted by atomic mass is 9.40. The van der Waals surface area contributed by atoms with E-state index in [1.807, 2.05) is 0 Å². The molecule has 7 aliphatic rings. The van der Waals surface area contributed by atoms with Crippen LogP contribution < -0.4 is 0 Å². The van der Waals surface area contributed by atoms with Gasteiger partial charge >= 0.3 is 0 Å². The second-order valence-electron chi connectivity index (χ2n) is 44.4. The quantitative estimate of drug-likeness (QED) is 0.0810. The first-order valence-corrected chi connectivity index (χ1v) is 45.4. The standard InChI is InChI=1S/C98H184/c1-39-42-83-77(32)86-49-85-65(20)72(27)93(56(11)43-41-44-84(58(13)52(3)4)94-73(28)63(18)81(64(19)74(94)29)46-45-79-59(14)68(23)89(53(5)6)69(24)60(79)15)91(55(9)10)88(85)50-87(86)78(33)92(83)57(12)51-96(34,35)97(36,37)98(38,40-2)95-75(30)66(21)82(67(22)76(95)31)48-47-80-61(16)70(25)90(54(7)8)71(26)62(80)17/h52-95H,39-51H2,1-38H3/t56?,57?,58?,59?,60?,61?,62?,63?,64?,65?,66?,67?,68?,69?,70?,71?,72?,73?,74?,75?,76?,77?,78?,79?,80?,81?,82?,83?,84?,85?,86?,87?,88?,89?,90?,91?,92?,93?,94?,95?,98-/m1/s1. The highest BCUT2D eigenvalue weighted by Gasteiger charge is 2.62. The molecule has 0 spiro atoms. The molecule has 576 valence electrons. The Balaban J connectivity index is 1.05. The van der Waals surface area contributed by atoms with Gasteiger partial charge in [-0.2, -0.15) is 0 Å². The number of fused-ring (bicyclic) bond motifs is 2. The van der Waals surface area contributed by atoms with Crippen LogP contribution in [0.5, 0.6) is 0 Å². The van der Waals surface area contributed by atoms with Gasteiger partial charge in [0.25, 0.3) is 0 Å². The van der Waals surface area contributed by atoms with Crippen LogP contribution in [0.3, 0.4) is 0 Å². The van der Waals surface area contributed by atoms with Crippen LogP contribution in [0.1, 0.15) is 347 Å². The molecule has 7 rings (SSSR count). The Kier molecular flexibility index (Phi) is 29.3. The molecule has 7 fully saturated rings. The smallest absolute Gasteiger partial charge is 0.0239 e. The van der Waals surface area contributed by atoms with Gasteiger partial charge in [0.2, 0.25) is 0 Å². The van der Waals surface area contributed by atoms with Crippen LogP contribution in [0.25, 0.3) is 0 Å². The molecule has 0 radical (unpaired) electrons. The van der Waals surface area contributed by atoms with Crippen molar-refractivity contribution < 1.29 is 0 Å². The van der Waals surface area contributed by atoms with Crippen LogP contribution in [-0.4, -0.2) is 0 Å². The molecule has 0 heterocycles. The van der Waals surface area contributed by atoms with E-state index in [9.17, 15) is 0 Å². The second kappa shape index (κ2) is 33.6. The minimum atomic E-state index is 0.188. The van der Waals surface area contributed by atoms with Gasteiger partial charge in [-0.15, -0.1) is 0 Å². The summed E-state index contributed by atoms with van der Waals surface area (Å²) in [7, 11) is 0. The van der Waals surface area contributed by atoms with Crippen LogP contribution in [0.2, 0.25) is 0 Å². The highest BCUT2D eigenvalue weighted by Crippen LogP contribution is 2.69. The molecule has 33 atom stereocenters. The Morgan fingerprint density at radius 3 is 1.02 bits per heavy atom. The Bertz CT molecular complexity index is 2320. The maximum absolute atomic E-state index is 2.87. The molecule has 98 heavy (non-hydrogen) atoms. The van der Waals surface area contributed by atoms with Crippen LogP contribution in [0.4, 0.5) is 0 Å². The fourth-order valence-corrected chi connectivity index (χ4v) is 32.0. The average Bonchev–Trinajstić information content (AvgIpc) is 0.724. The molecule has 7 aliphatic carbocycles. The van der Waals surface area contributed by atoms with Crippen molar-refractivity contribution in [2.45, 2.75) is 347 Å². The van der Waals surface area contributed by atoms with Gasteiger partial charge in [-0.25, -0.2) is 0 Å². The first-order chi connectivity index (χ1) is 45.4. The third-order valence-corrected chi connectivity index (χ3v) is 39.9. The Hall–Kier alpha value is 0. The van der Waals surface area contributed by atoms with Gasteiger partial charge in [-0.3, -0.25) is 0 Å². The Labute approximate surface area is 619 Å². The summed E-state index contributed by atoms with van der Waals surface area (Å²) < 4.78 is 0. The van der Waals surface area contributed by atoms with E-state index in [1.165, 1.54) is 83.5 Å². The summed E-state index contributed by atoms with van der Waals surface area (Å²) in [4.78, 5) is 0. The molecule has 0 aromatic heterocycles. The Morgan fingerprint density at radius 1 is 0.306 bits per heavy atom. The molecule has 0 heteroatoms. The molecule has 32 unspecified atom stereocenters. The van der Waals surface area contributed by atoms with Gasteiger partial charge in [0, 0.05) is 0 Å². The van der Waals surface area contributed by atoms with E-state index >= 15 is 0 Å². The van der Waals surface area contributed by atoms with Crippen molar-refractivity contribution in [2.24, 2.45) is 277 Å². The fraction of sp³-hybridized carbons (Fsp3) is 1.00. The highest BCUT2D eigenvalue weighted by atomic mass is 14.7. The SMILES string of the molecule is CCCC1C(C)C2CC3C(C)C(C)C(C(C)CCCC(C(C)C(C)C)C4C(C)C(C)C(CCC5C(C)C(C)C(C(C)C)C(C)C5C)C(C)C4C)C(C(C)C)C3CC2C(C)C1C(C)CC(C)(C)C(C)(C)[C@](C)(CC)C1C(C)C(C)C(CCC2C(C)C(C)C(C(C)C)C(C)C2C)C(C)C1C. The lowest BCUT2D eigenvalue weighted by Crippen LogP contribution is -2.58. The van der Waals surface area contributed by atoms with Gasteiger partial charge in [-0.1, -0.05) is 289 Å². The molecular formula is C98H184. The van der Waals surface area contributed by atoms with E-state index < -0.39 is 0 Å². The minimum Gasteiger partial charge on any atom is -0.0654 e. The summed E-state index contributed by atoms with van der Waals surface area (Å²) in [5, 5.41) is 0. The zero-order chi connectivity index (χ0) is 74.1. The van der Waals surface area contributed by atoms with Crippen molar-refractivity contribution in [3.05, 3.63) is 0 Å². The third kappa shape index (κ3) is 15.7. The average molecular weight is 1360 g/mol. The molecule has 0 N–H and O–H groups in total. The monoisotopic (exact) mass is 1360 g/mol. The van der Waals surface area contributed by atoms with Gasteiger partial charge in [0.1, 0.15) is 0 Å². The van der Waals surface area contributed by atoms with Gasteiger partial charge in [0.05, 0.1) is 0 Å². The van der Waals surface area contributed by atoms with E-state index in [2.05, 4.69) is 263 Å². The van der Waals surface area contributed by atoms with Crippen molar-refractivity contribution in [1.82, 2.24) is 0 Å². The summed E-state index contributed by atoms with van der Waals surface area (Å²) in [5.41, 5.74) is 0.654. The fourth-order valence-electron chi connectivity index (χ4n) is 32.0. The lowest BCUT2D eigenvalue weighted by Gasteiger charge is -2.64. The van der Waals surface area contributed by atoms with Crippen LogP contribution >= 0.6 is 0 Å². The summed E-state index contributed by atoms with van der Waals surface area (Å²) in [6.45, 7) is 103. The second-order valence-corrected chi connectivity index (χ2v) is 44.4. The molecular weight excluding hydrogens is 1180 g/mol. The predicted octanol–water partition coefficient (Wildman–Crippen LogP) is 30.0. The first-order valence-electron chi connectivity index (χ1n) is 45.4. The van der Waals surface area contributed by atoms with E-state index in [1.54, 1.807) is 0 Å². The molecule has 0 nitrogen and oxygen atoms in total. The number of rotatable bonds is 26. The van der Waals surface area contributed by atoms with E-state index in [0.717, 1.165) is 260 Å². The van der Waals surface area contributed by atoms with Crippen molar-refractivity contribution in [3.8, 4) is 0 Å². The number of hydrogen-bond donors (Lipinski definition) is 0. The summed E-state index contributed by atoms with van der Waals surface area (Å²) in [6.07, 6.45) is 18.6. The molecule has 0 aliphatic heterocycles. The Morgan fingerprint density at radius 2 is 0.653 bits per heavy atom. The van der Waals surface area contributed by atoms with E-state index in [4.69, 9.17) is 0 Å². The van der Waals surface area contributed by atoms with Gasteiger partial charge < -0.3 is 0 Å². The zero-order valence-electron chi connectivity index (χ0n) is 74.1. The van der Waals surface area contributed by atoms with Crippen LogP contribution in [0, 0.1) is 277 Å². The molecule has 0 aromatic rings. The highest BCUT2D eigenvalue weighted by molar-refractivity contribution is 5.11. The third-order valence-electron chi connectivity index (χ3n) is 39.9. The van der Waals surface area contributed by atoms with Gasteiger partial charge in [0.15, 0.2) is 0 Å². The summed E-state index contributed by atoms with van der Waals surface area (Å²) in [5.74, 6) is 36.1. The topological polar surface area (TPSA) is 0 Å². The van der Waals surface area contributed by atoms with Crippen molar-refractivity contribution >= 4 is 0 Å². The summed E-state index contributed by atoms with van der Waals surface area (Å²) >= 11 is 0. The number of hydrogen-bond acceptors (Lipinski definition) is 0. The maximum atomic E-state index is 2.87. The molecule has 0 bridgehead atoms. The predicted molar refractivity (Wildman–Crippen MR) is 436 cm³/mol. The molecule has 7 saturated carbocycles. The molecule has 0 aromatic carbocycles. The summed E-state index contributed by atoms with van der Waals surface area (Å²) in [6, 6.07) is 0. The largest absolute Gasteiger partial charge is 0.0654 e. The van der Waals surface area contributed by atoms with E-state index in [0.29, 0.717) is 0 Å². The first kappa shape index (κ1) is 85.3. The van der Waals surface area contributed by atoms with Crippen molar-refractivity contribution in [2.75, 3.05) is 0 Å². The maximum Gasteiger partial charge on any atom is -0.0239 e. The minimum absolute atomic E-state index is 0.188. The zero-order valence-corrected chi connectivity index (χ0v) is 74.1. The molecule has 0 saturated heterocycles. The van der Waals surface area contributed by atoms with Crippen LogP contribution in [-0.2, 0) is 0 Å².